The van der Waals surface area contributed by atoms with Crippen molar-refractivity contribution in [3.05, 3.63) is 69.8 Å². The van der Waals surface area contributed by atoms with Crippen LogP contribution in [0.15, 0.2) is 36.4 Å². The number of hydrogen-bond acceptors (Lipinski definition) is 9. The molecule has 0 fully saturated rings. The van der Waals surface area contributed by atoms with E-state index >= 15 is 0 Å². The second-order valence-electron chi connectivity index (χ2n) is 10.1. The molecule has 0 bridgehead atoms. The highest BCUT2D eigenvalue weighted by Gasteiger charge is 2.40. The summed E-state index contributed by atoms with van der Waals surface area (Å²) in [5.74, 6) is 0. The van der Waals surface area contributed by atoms with Gasteiger partial charge in [0.1, 0.15) is 0 Å². The first kappa shape index (κ1) is 31.0. The highest BCUT2D eigenvalue weighted by Crippen LogP contribution is 2.37. The first-order valence-electron chi connectivity index (χ1n) is 10.8. The summed E-state index contributed by atoms with van der Waals surface area (Å²) in [6, 6.07) is -10.7. The van der Waals surface area contributed by atoms with E-state index < -0.39 is 57.2 Å². The van der Waals surface area contributed by atoms with Crippen LogP contribution in [0.1, 0.15) is 61.1 Å². The lowest BCUT2D eigenvalue weighted by molar-refractivity contribution is -0.290. The minimum absolute atomic E-state index is 0.122. The molecule has 8 N–H and O–H groups in total. The second-order valence-corrected chi connectivity index (χ2v) is 10.1. The van der Waals surface area contributed by atoms with Gasteiger partial charge in [-0.2, -0.15) is 17.6 Å². The Morgan fingerprint density at radius 2 is 0.784 bits per heavy atom. The van der Waals surface area contributed by atoms with Crippen molar-refractivity contribution < 1.29 is 63.2 Å². The minimum atomic E-state index is -4.09. The summed E-state index contributed by atoms with van der Waals surface area (Å²) in [7, 11) is 0. The molecule has 0 aliphatic carbocycles. The number of benzene rings is 2. The molecule has 0 spiro atoms. The maximum absolute atomic E-state index is 13.9. The molecule has 13 heteroatoms. The molecule has 0 aliphatic rings. The zero-order valence-electron chi connectivity index (χ0n) is 20.4. The van der Waals surface area contributed by atoms with E-state index in [1.807, 2.05) is 0 Å². The Morgan fingerprint density at radius 3 is 1.03 bits per heavy atom. The lowest BCUT2D eigenvalue weighted by Crippen LogP contribution is -2.33. The van der Waals surface area contributed by atoms with Crippen LogP contribution >= 0.6 is 0 Å². The maximum Gasteiger partial charge on any atom is 0.344 e. The average Bonchev–Trinajstić information content (AvgIpc) is 2.70. The highest BCUT2D eigenvalue weighted by atomic mass is 19.2. The maximum atomic E-state index is 13.9. The predicted octanol–water partition coefficient (Wildman–Crippen LogP) is 1.22. The van der Waals surface area contributed by atoms with Crippen LogP contribution in [-0.2, 0) is 39.7 Å². The number of hydrogen-bond donors (Lipinski definition) is 8. The van der Waals surface area contributed by atoms with Gasteiger partial charge in [0.05, 0.1) is 35.5 Å². The van der Waals surface area contributed by atoms with Crippen LogP contribution in [-0.4, -0.2) is 54.1 Å². The fourth-order valence-corrected chi connectivity index (χ4v) is 3.74. The van der Waals surface area contributed by atoms with Gasteiger partial charge in [-0.3, -0.25) is 0 Å². The summed E-state index contributed by atoms with van der Waals surface area (Å²) in [6.45, 7) is 6.14. The van der Waals surface area contributed by atoms with Gasteiger partial charge in [0.2, 0.25) is 0 Å². The lowest BCUT2D eigenvalue weighted by Gasteiger charge is -2.32. The highest BCUT2D eigenvalue weighted by molar-refractivity contribution is 5.40. The van der Waals surface area contributed by atoms with Gasteiger partial charge in [0.25, 0.3) is 0 Å². The Balaban J connectivity index is 2.30. The molecule has 2 aromatic rings. The topological polar surface area (TPSA) is 171 Å². The standard InChI is InChI=1S/C24H30F4O9/c1-19(2,13-5-7-15(21(25,29)30)17(9-13)23(27,33)34)11-37-12-20(3,4)14-6-8-16(22(26,31)32)18(10-14)24(28,35)36/h5-10,29-36H,11-12H2,1-4H3. The largest absolute Gasteiger partial charge is 0.380 e. The van der Waals surface area contributed by atoms with Crippen molar-refractivity contribution in [3.63, 3.8) is 0 Å². The van der Waals surface area contributed by atoms with Gasteiger partial charge in [-0.25, -0.2) is 0 Å². The second kappa shape index (κ2) is 9.84. The molecule has 0 saturated carbocycles. The van der Waals surface area contributed by atoms with E-state index in [-0.39, 0.29) is 24.3 Å². The van der Waals surface area contributed by atoms with E-state index in [2.05, 4.69) is 0 Å². The Kier molecular flexibility index (Phi) is 8.25. The molecule has 2 rings (SSSR count). The molecule has 2 aromatic carbocycles. The van der Waals surface area contributed by atoms with Gasteiger partial charge in [-0.1, -0.05) is 39.8 Å². The van der Waals surface area contributed by atoms with E-state index in [9.17, 15) is 38.0 Å². The first-order valence-corrected chi connectivity index (χ1v) is 10.8. The molecule has 0 atom stereocenters. The molecular weight excluding hydrogens is 508 g/mol. The van der Waals surface area contributed by atoms with Crippen molar-refractivity contribution in [2.45, 2.75) is 62.7 Å². The van der Waals surface area contributed by atoms with Gasteiger partial charge >= 0.3 is 24.2 Å². The Labute approximate surface area is 209 Å². The van der Waals surface area contributed by atoms with Crippen molar-refractivity contribution in [2.75, 3.05) is 13.2 Å². The minimum Gasteiger partial charge on any atom is -0.380 e. The molecular formula is C24H30F4O9. The molecule has 0 aliphatic heterocycles. The number of halogens is 4. The number of aliphatic hydroxyl groups is 8. The van der Waals surface area contributed by atoms with Crippen molar-refractivity contribution in [2.24, 2.45) is 0 Å². The number of alkyl halides is 4. The van der Waals surface area contributed by atoms with Crippen LogP contribution in [0.25, 0.3) is 0 Å². The van der Waals surface area contributed by atoms with E-state index in [1.165, 1.54) is 12.1 Å². The smallest absolute Gasteiger partial charge is 0.344 e. The monoisotopic (exact) mass is 538 g/mol. The number of ether oxygens (including phenoxy) is 1. The van der Waals surface area contributed by atoms with Crippen molar-refractivity contribution in [3.8, 4) is 0 Å². The van der Waals surface area contributed by atoms with E-state index in [1.54, 1.807) is 27.7 Å². The zero-order chi connectivity index (χ0) is 28.8. The third-order valence-corrected chi connectivity index (χ3v) is 5.90. The van der Waals surface area contributed by atoms with Crippen molar-refractivity contribution in [1.29, 1.82) is 0 Å². The third kappa shape index (κ3) is 7.44. The van der Waals surface area contributed by atoms with Crippen LogP contribution in [0.2, 0.25) is 0 Å². The molecule has 0 amide bonds. The van der Waals surface area contributed by atoms with E-state index in [4.69, 9.17) is 25.2 Å². The summed E-state index contributed by atoms with van der Waals surface area (Å²) in [5.41, 5.74) is -6.15. The van der Waals surface area contributed by atoms with E-state index in [0.717, 1.165) is 24.3 Å². The predicted molar refractivity (Wildman–Crippen MR) is 119 cm³/mol. The van der Waals surface area contributed by atoms with Gasteiger partial charge in [0.15, 0.2) is 0 Å². The zero-order valence-corrected chi connectivity index (χ0v) is 20.4. The van der Waals surface area contributed by atoms with Crippen LogP contribution in [0, 0.1) is 0 Å². The molecule has 0 unspecified atom stereocenters. The molecule has 0 aromatic heterocycles. The van der Waals surface area contributed by atoms with Crippen LogP contribution in [0.3, 0.4) is 0 Å². The normalized spacial score (nSPS) is 14.3. The average molecular weight is 538 g/mol. The van der Waals surface area contributed by atoms with Crippen LogP contribution in [0.5, 0.6) is 0 Å². The fourth-order valence-electron chi connectivity index (χ4n) is 3.74. The van der Waals surface area contributed by atoms with Crippen LogP contribution in [0.4, 0.5) is 17.6 Å². The Morgan fingerprint density at radius 1 is 0.514 bits per heavy atom. The first-order chi connectivity index (χ1) is 16.4. The Hall–Kier alpha value is -2.20. The van der Waals surface area contributed by atoms with Gasteiger partial charge in [-0.15, -0.1) is 0 Å². The van der Waals surface area contributed by atoms with Gasteiger partial charge in [-0.05, 0) is 35.4 Å². The van der Waals surface area contributed by atoms with Crippen molar-refractivity contribution >= 4 is 0 Å². The summed E-state index contributed by atoms with van der Waals surface area (Å²) < 4.78 is 60.7. The number of rotatable bonds is 10. The Bertz CT molecular complexity index is 1020. The molecule has 37 heavy (non-hydrogen) atoms. The lowest BCUT2D eigenvalue weighted by atomic mass is 9.82. The molecule has 208 valence electrons. The quantitative estimate of drug-likeness (QED) is 0.164. The van der Waals surface area contributed by atoms with Gasteiger partial charge in [0, 0.05) is 10.8 Å². The molecule has 0 saturated heterocycles. The molecule has 0 heterocycles. The van der Waals surface area contributed by atoms with Crippen molar-refractivity contribution in [1.82, 2.24) is 0 Å². The van der Waals surface area contributed by atoms with Gasteiger partial charge < -0.3 is 45.6 Å². The van der Waals surface area contributed by atoms with E-state index in [0.29, 0.717) is 0 Å². The van der Waals surface area contributed by atoms with Crippen LogP contribution < -0.4 is 0 Å². The summed E-state index contributed by atoms with van der Waals surface area (Å²) in [6.07, 6.45) is 0. The summed E-state index contributed by atoms with van der Waals surface area (Å²) in [5, 5.41) is 74.0. The summed E-state index contributed by atoms with van der Waals surface area (Å²) >= 11 is 0. The molecule has 0 radical (unpaired) electrons. The summed E-state index contributed by atoms with van der Waals surface area (Å²) in [4.78, 5) is 0. The fraction of sp³-hybridized carbons (Fsp3) is 0.500. The molecule has 9 nitrogen and oxygen atoms in total. The third-order valence-electron chi connectivity index (χ3n) is 5.90. The SMILES string of the molecule is CC(C)(COCC(C)(C)c1ccc(C(O)(O)F)c(C(O)(O)F)c1)c1ccc(C(O)(O)F)c(C(O)(O)F)c1.